The Labute approximate surface area is 255 Å². The Morgan fingerprint density at radius 1 is 0.341 bits per heavy atom. The Morgan fingerprint density at radius 2 is 0.636 bits per heavy atom. The lowest BCUT2D eigenvalue weighted by Gasteiger charge is -2.04. The molecule has 4 aromatic carbocycles. The summed E-state index contributed by atoms with van der Waals surface area (Å²) < 4.78 is 0. The Hall–Kier alpha value is -5.48. The predicted octanol–water partition coefficient (Wildman–Crippen LogP) is 10.5. The number of fused-ring (bicyclic) bond motifs is 22. The molecule has 0 aliphatic carbocycles. The van der Waals surface area contributed by atoms with Crippen molar-refractivity contribution in [3.8, 4) is 45.0 Å². The topological polar surface area (TPSA) is 57.4 Å². The zero-order chi connectivity index (χ0) is 29.7. The van der Waals surface area contributed by atoms with Crippen LogP contribution in [0, 0.1) is 27.7 Å². The maximum atomic E-state index is 5.42. The molecule has 3 aromatic heterocycles. The molecule has 0 spiro atoms. The first-order chi connectivity index (χ1) is 21.5. The number of H-pyrrole nitrogens is 2. The Kier molecular flexibility index (Phi) is 5.13. The van der Waals surface area contributed by atoms with E-state index in [1.165, 1.54) is 32.7 Å². The first-order valence-corrected chi connectivity index (χ1v) is 15.2. The molecule has 0 saturated heterocycles. The summed E-state index contributed by atoms with van der Waals surface area (Å²) in [6.07, 6.45) is 0. The van der Waals surface area contributed by atoms with Gasteiger partial charge in [0.25, 0.3) is 0 Å². The zero-order valence-electron chi connectivity index (χ0n) is 25.1. The Morgan fingerprint density at radius 3 is 1.00 bits per heavy atom. The molecule has 210 valence electrons. The molecule has 0 radical (unpaired) electrons. The SMILES string of the molecule is Cc1c2nc(c3[nH]c(c(C)c(C)c4nc(c5[nH]c(c1C)c1ccccc51)-c1ccccc1-4)c1ccccc31)-c1ccccc1-2. The van der Waals surface area contributed by atoms with Gasteiger partial charge in [0.1, 0.15) is 0 Å². The third kappa shape index (κ3) is 3.28. The van der Waals surface area contributed by atoms with Gasteiger partial charge in [-0.15, -0.1) is 0 Å². The smallest absolute Gasteiger partial charge is 0.0957 e. The van der Waals surface area contributed by atoms with Crippen LogP contribution in [0.15, 0.2) is 97.1 Å². The number of nitrogens with one attached hydrogen (secondary N) is 2. The summed E-state index contributed by atoms with van der Waals surface area (Å²) in [5.74, 6) is 0. The predicted molar refractivity (Wildman–Crippen MR) is 184 cm³/mol. The third-order valence-corrected chi connectivity index (χ3v) is 9.81. The average Bonchev–Trinajstić information content (AvgIpc) is 3.83. The van der Waals surface area contributed by atoms with Crippen molar-refractivity contribution in [1.29, 1.82) is 0 Å². The summed E-state index contributed by atoms with van der Waals surface area (Å²) in [6, 6.07) is 34.6. The van der Waals surface area contributed by atoms with E-state index in [2.05, 4.69) is 135 Å². The summed E-state index contributed by atoms with van der Waals surface area (Å²) >= 11 is 0. The van der Waals surface area contributed by atoms with Gasteiger partial charge in [0.15, 0.2) is 0 Å². The highest BCUT2D eigenvalue weighted by atomic mass is 14.8. The van der Waals surface area contributed by atoms with Crippen molar-refractivity contribution in [2.45, 2.75) is 27.7 Å². The largest absolute Gasteiger partial charge is 0.352 e. The summed E-state index contributed by atoms with van der Waals surface area (Å²) in [4.78, 5) is 18.6. The van der Waals surface area contributed by atoms with E-state index >= 15 is 0 Å². The molecule has 0 fully saturated rings. The van der Waals surface area contributed by atoms with E-state index in [0.29, 0.717) is 0 Å². The molecule has 8 bridgehead atoms. The van der Waals surface area contributed by atoms with E-state index in [0.717, 1.165) is 78.2 Å². The number of hydrogen-bond donors (Lipinski definition) is 2. The maximum Gasteiger partial charge on any atom is 0.0957 e. The fraction of sp³-hybridized carbons (Fsp3) is 0.100. The van der Waals surface area contributed by atoms with Gasteiger partial charge in [0, 0.05) is 54.8 Å². The van der Waals surface area contributed by atoms with Gasteiger partial charge in [0.2, 0.25) is 0 Å². The highest BCUT2D eigenvalue weighted by Crippen LogP contribution is 2.45. The molecule has 2 aliphatic heterocycles. The summed E-state index contributed by atoms with van der Waals surface area (Å²) in [5.41, 5.74) is 17.6. The highest BCUT2D eigenvalue weighted by Gasteiger charge is 2.25. The summed E-state index contributed by atoms with van der Waals surface area (Å²) in [7, 11) is 0. The van der Waals surface area contributed by atoms with Crippen LogP contribution in [0.2, 0.25) is 0 Å². The van der Waals surface area contributed by atoms with Crippen molar-refractivity contribution < 1.29 is 0 Å². The molecule has 0 unspecified atom stereocenters. The van der Waals surface area contributed by atoms with Crippen molar-refractivity contribution in [3.63, 3.8) is 0 Å². The molecule has 44 heavy (non-hydrogen) atoms. The molecular weight excluding hydrogens is 536 g/mol. The van der Waals surface area contributed by atoms with E-state index in [1.54, 1.807) is 0 Å². The summed E-state index contributed by atoms with van der Waals surface area (Å²) in [6.45, 7) is 8.83. The fourth-order valence-electron chi connectivity index (χ4n) is 7.26. The lowest BCUT2D eigenvalue weighted by atomic mass is 9.99. The normalized spacial score (nSPS) is 12.1. The monoisotopic (exact) mass is 566 g/mol. The van der Waals surface area contributed by atoms with Crippen LogP contribution in [0.3, 0.4) is 0 Å². The van der Waals surface area contributed by atoms with Gasteiger partial charge in [0.05, 0.1) is 33.8 Å². The zero-order valence-corrected chi connectivity index (χ0v) is 25.1. The van der Waals surface area contributed by atoms with E-state index in [1.807, 2.05) is 0 Å². The van der Waals surface area contributed by atoms with Crippen molar-refractivity contribution >= 4 is 43.6 Å². The van der Waals surface area contributed by atoms with Gasteiger partial charge >= 0.3 is 0 Å². The van der Waals surface area contributed by atoms with E-state index in [4.69, 9.17) is 9.97 Å². The molecule has 4 heteroatoms. The van der Waals surface area contributed by atoms with Crippen molar-refractivity contribution in [2.24, 2.45) is 0 Å². The Bertz CT molecular complexity index is 2370. The molecule has 5 heterocycles. The van der Waals surface area contributed by atoms with Crippen molar-refractivity contribution in [2.75, 3.05) is 0 Å². The van der Waals surface area contributed by atoms with Crippen LogP contribution in [-0.2, 0) is 0 Å². The van der Waals surface area contributed by atoms with E-state index < -0.39 is 0 Å². The molecule has 7 aromatic rings. The first-order valence-electron chi connectivity index (χ1n) is 15.2. The average molecular weight is 567 g/mol. The molecule has 4 nitrogen and oxygen atoms in total. The maximum absolute atomic E-state index is 5.42. The van der Waals surface area contributed by atoms with Crippen LogP contribution in [-0.4, -0.2) is 19.9 Å². The van der Waals surface area contributed by atoms with Crippen molar-refractivity contribution in [3.05, 3.63) is 119 Å². The Balaban J connectivity index is 1.60. The standard InChI is InChI=1S/C40H30N4/c1-21-22(2)34-26-14-6-10-18-30(26)39(42-34)40-32-20-12-8-16-28(32)36(44-40)24(4)23(3)35-27-15-7-11-19-31(27)38(43-35)37-29-17-9-5-13-25(29)33(21)41-37/h5-20,41,44H,1-4H3. The number of aryl methyl sites for hydroxylation is 2. The minimum atomic E-state index is 0.985. The lowest BCUT2D eigenvalue weighted by Crippen LogP contribution is -1.86. The second kappa shape index (κ2) is 9.01. The molecule has 2 N–H and O–H groups in total. The number of hydrogen-bond acceptors (Lipinski definition) is 2. The first kappa shape index (κ1) is 25.1. The van der Waals surface area contributed by atoms with Gasteiger partial charge in [-0.05, 0) is 49.9 Å². The van der Waals surface area contributed by atoms with Crippen molar-refractivity contribution in [1.82, 2.24) is 19.9 Å². The highest BCUT2D eigenvalue weighted by molar-refractivity contribution is 6.15. The van der Waals surface area contributed by atoms with Gasteiger partial charge in [-0.25, -0.2) is 9.97 Å². The van der Waals surface area contributed by atoms with E-state index in [9.17, 15) is 0 Å². The quantitative estimate of drug-likeness (QED) is 0.192. The number of rotatable bonds is 0. The summed E-state index contributed by atoms with van der Waals surface area (Å²) in [5, 5.41) is 4.73. The molecule has 2 aliphatic rings. The number of benzene rings is 4. The molecular formula is C40H30N4. The fourth-order valence-corrected chi connectivity index (χ4v) is 7.26. The van der Waals surface area contributed by atoms with Crippen LogP contribution < -0.4 is 0 Å². The van der Waals surface area contributed by atoms with Crippen LogP contribution >= 0.6 is 0 Å². The second-order valence-corrected chi connectivity index (χ2v) is 12.1. The van der Waals surface area contributed by atoms with Crippen LogP contribution in [0.4, 0.5) is 0 Å². The minimum Gasteiger partial charge on any atom is -0.352 e. The molecule has 0 saturated carbocycles. The van der Waals surface area contributed by atoms with Crippen LogP contribution in [0.25, 0.3) is 88.6 Å². The van der Waals surface area contributed by atoms with Crippen LogP contribution in [0.1, 0.15) is 22.3 Å². The molecule has 0 atom stereocenters. The van der Waals surface area contributed by atoms with Gasteiger partial charge in [-0.2, -0.15) is 0 Å². The van der Waals surface area contributed by atoms with Gasteiger partial charge in [-0.1, -0.05) is 97.1 Å². The van der Waals surface area contributed by atoms with Gasteiger partial charge in [-0.3, -0.25) is 0 Å². The molecule has 0 amide bonds. The second-order valence-electron chi connectivity index (χ2n) is 12.1. The number of aromatic nitrogens is 4. The molecule has 9 rings (SSSR count). The number of nitrogens with zero attached hydrogens (tertiary/aromatic N) is 2. The lowest BCUT2D eigenvalue weighted by molar-refractivity contribution is 1.29. The van der Waals surface area contributed by atoms with Gasteiger partial charge < -0.3 is 9.97 Å². The van der Waals surface area contributed by atoms with Crippen LogP contribution in [0.5, 0.6) is 0 Å². The number of aromatic amines is 2. The third-order valence-electron chi connectivity index (χ3n) is 9.81. The van der Waals surface area contributed by atoms with E-state index in [-0.39, 0.29) is 0 Å². The minimum absolute atomic E-state index is 0.985.